The van der Waals surface area contributed by atoms with Crippen molar-refractivity contribution in [3.63, 3.8) is 0 Å². The van der Waals surface area contributed by atoms with Crippen molar-refractivity contribution in [1.29, 1.82) is 0 Å². The molecule has 1 saturated heterocycles. The summed E-state index contributed by atoms with van der Waals surface area (Å²) in [6.07, 6.45) is 3.49. The maximum Gasteiger partial charge on any atom is 0.161 e. The highest BCUT2D eigenvalue weighted by molar-refractivity contribution is 5.76. The van der Waals surface area contributed by atoms with Crippen molar-refractivity contribution in [1.82, 2.24) is 0 Å². The fraction of sp³-hybridized carbons (Fsp3) is 0.588. The Labute approximate surface area is 127 Å². The number of rotatable bonds is 7. The maximum absolute atomic E-state index is 10.8. The summed E-state index contributed by atoms with van der Waals surface area (Å²) in [5.41, 5.74) is 0.612. The van der Waals surface area contributed by atoms with Crippen molar-refractivity contribution >= 4 is 6.29 Å². The Morgan fingerprint density at radius 1 is 1.33 bits per heavy atom. The molecule has 1 fully saturated rings. The molecule has 1 heterocycles. The second-order valence-electron chi connectivity index (χ2n) is 5.81. The molecule has 1 aromatic rings. The Kier molecular flexibility index (Phi) is 6.05. The van der Waals surface area contributed by atoms with Gasteiger partial charge >= 0.3 is 0 Å². The number of hydrogen-bond donors (Lipinski definition) is 1. The Hall–Kier alpha value is -1.55. The van der Waals surface area contributed by atoms with E-state index in [1.807, 2.05) is 13.0 Å². The lowest BCUT2D eigenvalue weighted by atomic mass is 10.0. The van der Waals surface area contributed by atoms with E-state index in [1.165, 1.54) is 25.9 Å². The van der Waals surface area contributed by atoms with Gasteiger partial charge in [-0.05, 0) is 38.0 Å². The Bertz CT molecular complexity index is 461. The molecule has 1 N–H and O–H groups in total. The van der Waals surface area contributed by atoms with E-state index in [2.05, 4.69) is 6.92 Å². The third-order valence-electron chi connectivity index (χ3n) is 3.98. The molecule has 2 rings (SSSR count). The lowest BCUT2D eigenvalue weighted by molar-refractivity contribution is -0.908. The molecule has 1 aromatic carbocycles. The maximum atomic E-state index is 10.8. The minimum atomic E-state index is 0.563. The van der Waals surface area contributed by atoms with E-state index in [-0.39, 0.29) is 0 Å². The van der Waals surface area contributed by atoms with Gasteiger partial charge in [0.2, 0.25) is 0 Å². The van der Waals surface area contributed by atoms with Crippen LogP contribution in [0.25, 0.3) is 0 Å². The minimum absolute atomic E-state index is 0.563. The second-order valence-corrected chi connectivity index (χ2v) is 5.81. The zero-order valence-corrected chi connectivity index (χ0v) is 13.1. The van der Waals surface area contributed by atoms with Gasteiger partial charge in [0.05, 0.1) is 19.7 Å². The smallest absolute Gasteiger partial charge is 0.161 e. The fourth-order valence-electron chi connectivity index (χ4n) is 2.92. The van der Waals surface area contributed by atoms with Gasteiger partial charge in [0.1, 0.15) is 19.4 Å². The number of nitrogens with one attached hydrogen (secondary N) is 1. The summed E-state index contributed by atoms with van der Waals surface area (Å²) in [7, 11) is 0. The zero-order chi connectivity index (χ0) is 15.1. The normalized spacial score (nSPS) is 21.8. The Morgan fingerprint density at radius 2 is 2.19 bits per heavy atom. The van der Waals surface area contributed by atoms with E-state index in [0.29, 0.717) is 24.5 Å². The lowest BCUT2D eigenvalue weighted by Crippen LogP contribution is -3.14. The van der Waals surface area contributed by atoms with Gasteiger partial charge in [-0.2, -0.15) is 0 Å². The summed E-state index contributed by atoms with van der Waals surface area (Å²) < 4.78 is 11.4. The summed E-state index contributed by atoms with van der Waals surface area (Å²) in [4.78, 5) is 12.4. The molecule has 0 spiro atoms. The molecule has 1 aliphatic heterocycles. The van der Waals surface area contributed by atoms with Crippen molar-refractivity contribution in [3.05, 3.63) is 23.8 Å². The first kappa shape index (κ1) is 15.8. The van der Waals surface area contributed by atoms with Crippen LogP contribution < -0.4 is 14.4 Å². The number of likely N-dealkylation sites (tertiary alicyclic amines) is 1. The van der Waals surface area contributed by atoms with E-state index >= 15 is 0 Å². The molecule has 0 saturated carbocycles. The molecule has 0 amide bonds. The molecule has 1 aliphatic rings. The van der Waals surface area contributed by atoms with E-state index in [1.54, 1.807) is 17.0 Å². The zero-order valence-electron chi connectivity index (χ0n) is 13.1. The van der Waals surface area contributed by atoms with E-state index in [4.69, 9.17) is 9.47 Å². The molecule has 0 aromatic heterocycles. The molecule has 2 atom stereocenters. The summed E-state index contributed by atoms with van der Waals surface area (Å²) >= 11 is 0. The van der Waals surface area contributed by atoms with Crippen LogP contribution in [-0.2, 0) is 0 Å². The summed E-state index contributed by atoms with van der Waals surface area (Å²) in [6.45, 7) is 9.01. The predicted octanol–water partition coefficient (Wildman–Crippen LogP) is 1.59. The monoisotopic (exact) mass is 292 g/mol. The first-order valence-corrected chi connectivity index (χ1v) is 7.91. The number of piperidine rings is 1. The molecule has 4 nitrogen and oxygen atoms in total. The highest BCUT2D eigenvalue weighted by atomic mass is 16.5. The second kappa shape index (κ2) is 8.03. The summed E-state index contributed by atoms with van der Waals surface area (Å²) in [5, 5.41) is 0. The predicted molar refractivity (Wildman–Crippen MR) is 82.5 cm³/mol. The van der Waals surface area contributed by atoms with Crippen LogP contribution in [-0.4, -0.2) is 39.1 Å². The van der Waals surface area contributed by atoms with Crippen LogP contribution >= 0.6 is 0 Å². The third-order valence-corrected chi connectivity index (χ3v) is 3.98. The van der Waals surface area contributed by atoms with Gasteiger partial charge in [-0.1, -0.05) is 6.92 Å². The van der Waals surface area contributed by atoms with Crippen LogP contribution in [0.2, 0.25) is 0 Å². The largest absolute Gasteiger partial charge is 0.490 e. The van der Waals surface area contributed by atoms with Gasteiger partial charge in [0.25, 0.3) is 0 Å². The SMILES string of the molecule is CCOc1cc(C=O)ccc1OCC[NH+]1CCC[C@H](C)C1. The first-order valence-electron chi connectivity index (χ1n) is 7.91. The van der Waals surface area contributed by atoms with Gasteiger partial charge in [0.15, 0.2) is 11.5 Å². The molecule has 21 heavy (non-hydrogen) atoms. The third kappa shape index (κ3) is 4.74. The Morgan fingerprint density at radius 3 is 2.90 bits per heavy atom. The molecule has 1 unspecified atom stereocenters. The van der Waals surface area contributed by atoms with E-state index < -0.39 is 0 Å². The average Bonchev–Trinajstić information content (AvgIpc) is 2.49. The number of aldehydes is 1. The standard InChI is InChI=1S/C17H25NO3/c1-3-20-17-11-15(13-19)6-7-16(17)21-10-9-18-8-4-5-14(2)12-18/h6-7,11,13-14H,3-5,8-10,12H2,1-2H3/p+1/t14-/m0/s1. The summed E-state index contributed by atoms with van der Waals surface area (Å²) in [5.74, 6) is 2.20. The van der Waals surface area contributed by atoms with Gasteiger partial charge < -0.3 is 14.4 Å². The van der Waals surface area contributed by atoms with Crippen LogP contribution in [0.15, 0.2) is 18.2 Å². The molecule has 0 radical (unpaired) electrons. The lowest BCUT2D eigenvalue weighted by Gasteiger charge is -2.27. The molecule has 116 valence electrons. The highest BCUT2D eigenvalue weighted by Crippen LogP contribution is 2.27. The van der Waals surface area contributed by atoms with E-state index in [0.717, 1.165) is 24.5 Å². The topological polar surface area (TPSA) is 40.0 Å². The first-order chi connectivity index (χ1) is 10.2. The highest BCUT2D eigenvalue weighted by Gasteiger charge is 2.19. The molecule has 0 bridgehead atoms. The van der Waals surface area contributed by atoms with Gasteiger partial charge in [-0.15, -0.1) is 0 Å². The molecular formula is C17H26NO3+. The van der Waals surface area contributed by atoms with Gasteiger partial charge in [-0.25, -0.2) is 0 Å². The number of ether oxygens (including phenoxy) is 2. The number of benzene rings is 1. The summed E-state index contributed by atoms with van der Waals surface area (Å²) in [6, 6.07) is 5.32. The van der Waals surface area contributed by atoms with Gasteiger partial charge in [0, 0.05) is 11.5 Å². The van der Waals surface area contributed by atoms with Crippen LogP contribution in [0, 0.1) is 5.92 Å². The number of quaternary nitrogens is 1. The van der Waals surface area contributed by atoms with Crippen molar-refractivity contribution in [3.8, 4) is 11.5 Å². The number of hydrogen-bond acceptors (Lipinski definition) is 3. The quantitative estimate of drug-likeness (QED) is 0.776. The minimum Gasteiger partial charge on any atom is -0.490 e. The molecular weight excluding hydrogens is 266 g/mol. The molecule has 4 heteroatoms. The van der Waals surface area contributed by atoms with Crippen molar-refractivity contribution in [2.75, 3.05) is 32.8 Å². The number of carbonyl (C=O) groups excluding carboxylic acids is 1. The average molecular weight is 292 g/mol. The Balaban J connectivity index is 1.88. The van der Waals surface area contributed by atoms with Gasteiger partial charge in [-0.3, -0.25) is 4.79 Å². The molecule has 0 aliphatic carbocycles. The van der Waals surface area contributed by atoms with Crippen LogP contribution in [0.1, 0.15) is 37.0 Å². The fourth-order valence-corrected chi connectivity index (χ4v) is 2.92. The van der Waals surface area contributed by atoms with E-state index in [9.17, 15) is 4.79 Å². The van der Waals surface area contributed by atoms with Crippen LogP contribution in [0.3, 0.4) is 0 Å². The van der Waals surface area contributed by atoms with Crippen molar-refractivity contribution in [2.24, 2.45) is 5.92 Å². The number of carbonyl (C=O) groups is 1. The van der Waals surface area contributed by atoms with Crippen LogP contribution in [0.4, 0.5) is 0 Å². The van der Waals surface area contributed by atoms with Crippen molar-refractivity contribution < 1.29 is 19.2 Å². The van der Waals surface area contributed by atoms with Crippen molar-refractivity contribution in [2.45, 2.75) is 26.7 Å². The van der Waals surface area contributed by atoms with Crippen LogP contribution in [0.5, 0.6) is 11.5 Å².